The van der Waals surface area contributed by atoms with Gasteiger partial charge in [-0.05, 0) is 36.6 Å². The molecule has 0 spiro atoms. The molecule has 22 heavy (non-hydrogen) atoms. The van der Waals surface area contributed by atoms with Crippen LogP contribution in [0.15, 0.2) is 18.2 Å². The Morgan fingerprint density at radius 1 is 1.18 bits per heavy atom. The van der Waals surface area contributed by atoms with E-state index in [-0.39, 0.29) is 17.4 Å². The van der Waals surface area contributed by atoms with Gasteiger partial charge < -0.3 is 15.2 Å². The molecule has 1 fully saturated rings. The molecule has 1 aromatic rings. The van der Waals surface area contributed by atoms with Crippen molar-refractivity contribution in [3.8, 4) is 0 Å². The summed E-state index contributed by atoms with van der Waals surface area (Å²) < 4.78 is 5.05. The number of hydrogen-bond donors (Lipinski definition) is 2. The predicted octanol–water partition coefficient (Wildman–Crippen LogP) is 3.44. The third-order valence-electron chi connectivity index (χ3n) is 4.04. The molecule has 1 aromatic carbocycles. The van der Waals surface area contributed by atoms with Crippen molar-refractivity contribution in [3.63, 3.8) is 0 Å². The first-order valence-electron chi connectivity index (χ1n) is 7.77. The number of carbonyl (C=O) groups excluding carboxylic acids is 1. The van der Waals surface area contributed by atoms with Gasteiger partial charge in [-0.2, -0.15) is 0 Å². The minimum absolute atomic E-state index is 0.00666. The number of benzene rings is 1. The Hall–Kier alpha value is -1.88. The molecule has 5 nitrogen and oxygen atoms in total. The minimum atomic E-state index is -1.01. The normalized spacial score (nSPS) is 16.0. The monoisotopic (exact) mass is 305 g/mol. The fourth-order valence-electron chi connectivity index (χ4n) is 2.92. The van der Waals surface area contributed by atoms with E-state index in [4.69, 9.17) is 9.84 Å². The molecule has 0 saturated heterocycles. The summed E-state index contributed by atoms with van der Waals surface area (Å²) >= 11 is 0. The van der Waals surface area contributed by atoms with E-state index in [0.717, 1.165) is 31.2 Å². The van der Waals surface area contributed by atoms with Crippen LogP contribution in [-0.2, 0) is 16.1 Å². The molecular formula is C17H23NO4. The van der Waals surface area contributed by atoms with Crippen LogP contribution in [-0.4, -0.2) is 24.1 Å². The van der Waals surface area contributed by atoms with Crippen LogP contribution in [0.25, 0.3) is 0 Å². The van der Waals surface area contributed by atoms with Crippen LogP contribution in [0.3, 0.4) is 0 Å². The summed E-state index contributed by atoms with van der Waals surface area (Å²) in [5.41, 5.74) is 1.42. The number of nitrogens with one attached hydrogen (secondary N) is 1. The molecule has 0 heterocycles. The molecule has 1 aliphatic carbocycles. The molecule has 0 unspecified atom stereocenters. The molecule has 1 aliphatic rings. The van der Waals surface area contributed by atoms with Crippen molar-refractivity contribution in [2.24, 2.45) is 5.92 Å². The Morgan fingerprint density at radius 2 is 1.86 bits per heavy atom. The number of carbonyl (C=O) groups is 2. The number of amides is 1. The highest BCUT2D eigenvalue weighted by molar-refractivity contribution is 5.95. The van der Waals surface area contributed by atoms with Gasteiger partial charge in [-0.1, -0.05) is 25.7 Å². The zero-order chi connectivity index (χ0) is 15.9. The maximum absolute atomic E-state index is 12.4. The maximum atomic E-state index is 12.4. The number of ether oxygens (including phenoxy) is 1. The van der Waals surface area contributed by atoms with E-state index in [1.807, 2.05) is 0 Å². The predicted molar refractivity (Wildman–Crippen MR) is 83.9 cm³/mol. The van der Waals surface area contributed by atoms with Crippen LogP contribution in [0.1, 0.15) is 54.4 Å². The fourth-order valence-corrected chi connectivity index (χ4v) is 2.92. The lowest BCUT2D eigenvalue weighted by atomic mass is 9.99. The number of aromatic carboxylic acids is 1. The van der Waals surface area contributed by atoms with Gasteiger partial charge in [-0.25, -0.2) is 4.79 Å². The quantitative estimate of drug-likeness (QED) is 0.817. The SMILES string of the molecule is COCc1cc(NC(=O)C2CCCCCC2)cc(C(=O)O)c1. The van der Waals surface area contributed by atoms with E-state index in [0.29, 0.717) is 12.3 Å². The maximum Gasteiger partial charge on any atom is 0.335 e. The lowest BCUT2D eigenvalue weighted by Gasteiger charge is -2.15. The smallest absolute Gasteiger partial charge is 0.335 e. The second-order valence-electron chi connectivity index (χ2n) is 5.83. The minimum Gasteiger partial charge on any atom is -0.478 e. The lowest BCUT2D eigenvalue weighted by molar-refractivity contribution is -0.120. The summed E-state index contributed by atoms with van der Waals surface area (Å²) in [4.78, 5) is 23.6. The average molecular weight is 305 g/mol. The first-order valence-corrected chi connectivity index (χ1v) is 7.77. The van der Waals surface area contributed by atoms with Crippen molar-refractivity contribution in [2.45, 2.75) is 45.1 Å². The lowest BCUT2D eigenvalue weighted by Crippen LogP contribution is -2.22. The van der Waals surface area contributed by atoms with E-state index >= 15 is 0 Å². The van der Waals surface area contributed by atoms with Crippen molar-refractivity contribution >= 4 is 17.6 Å². The Balaban J connectivity index is 2.13. The Kier molecular flexibility index (Phi) is 5.95. The van der Waals surface area contributed by atoms with Gasteiger partial charge >= 0.3 is 5.97 Å². The summed E-state index contributed by atoms with van der Waals surface area (Å²) in [5.74, 6) is -0.988. The topological polar surface area (TPSA) is 75.6 Å². The van der Waals surface area contributed by atoms with Crippen LogP contribution in [0.2, 0.25) is 0 Å². The van der Waals surface area contributed by atoms with Crippen molar-refractivity contribution in [2.75, 3.05) is 12.4 Å². The van der Waals surface area contributed by atoms with Crippen LogP contribution in [0.4, 0.5) is 5.69 Å². The van der Waals surface area contributed by atoms with Gasteiger partial charge in [0.2, 0.25) is 5.91 Å². The van der Waals surface area contributed by atoms with E-state index in [1.54, 1.807) is 19.2 Å². The molecule has 0 aromatic heterocycles. The molecule has 1 saturated carbocycles. The molecule has 0 radical (unpaired) electrons. The molecule has 0 atom stereocenters. The molecule has 5 heteroatoms. The molecule has 2 N–H and O–H groups in total. The largest absolute Gasteiger partial charge is 0.478 e. The highest BCUT2D eigenvalue weighted by atomic mass is 16.5. The first-order chi connectivity index (χ1) is 10.6. The standard InChI is InChI=1S/C17H23NO4/c1-22-11-12-8-14(17(20)21)10-15(9-12)18-16(19)13-6-4-2-3-5-7-13/h8-10,13H,2-7,11H2,1H3,(H,18,19)(H,20,21). The van der Waals surface area contributed by atoms with Gasteiger partial charge in [0.1, 0.15) is 0 Å². The third kappa shape index (κ3) is 4.56. The van der Waals surface area contributed by atoms with Gasteiger partial charge in [0.05, 0.1) is 12.2 Å². The molecule has 1 amide bonds. The van der Waals surface area contributed by atoms with E-state index in [2.05, 4.69) is 5.32 Å². The number of rotatable bonds is 5. The van der Waals surface area contributed by atoms with Gasteiger partial charge in [-0.15, -0.1) is 0 Å². The highest BCUT2D eigenvalue weighted by Gasteiger charge is 2.20. The number of hydrogen-bond acceptors (Lipinski definition) is 3. The van der Waals surface area contributed by atoms with Gasteiger partial charge in [0, 0.05) is 18.7 Å². The summed E-state index contributed by atoms with van der Waals surface area (Å²) in [6.45, 7) is 0.313. The fraction of sp³-hybridized carbons (Fsp3) is 0.529. The Bertz CT molecular complexity index is 533. The van der Waals surface area contributed by atoms with Crippen LogP contribution >= 0.6 is 0 Å². The van der Waals surface area contributed by atoms with Gasteiger partial charge in [0.15, 0.2) is 0 Å². The number of carboxylic acids is 1. The zero-order valence-electron chi connectivity index (χ0n) is 12.9. The van der Waals surface area contributed by atoms with Crippen molar-refractivity contribution in [1.29, 1.82) is 0 Å². The number of anilines is 1. The van der Waals surface area contributed by atoms with Crippen molar-refractivity contribution in [3.05, 3.63) is 29.3 Å². The second kappa shape index (κ2) is 7.94. The van der Waals surface area contributed by atoms with Gasteiger partial charge in [0.25, 0.3) is 0 Å². The first kappa shape index (κ1) is 16.5. The van der Waals surface area contributed by atoms with Crippen LogP contribution in [0, 0.1) is 5.92 Å². The average Bonchev–Trinajstić information content (AvgIpc) is 2.76. The molecule has 2 rings (SSSR count). The molecule has 0 bridgehead atoms. The third-order valence-corrected chi connectivity index (χ3v) is 4.04. The van der Waals surface area contributed by atoms with Crippen molar-refractivity contribution in [1.82, 2.24) is 0 Å². The molecule has 0 aliphatic heterocycles. The summed E-state index contributed by atoms with van der Waals surface area (Å²) in [6.07, 6.45) is 6.38. The Morgan fingerprint density at radius 3 is 2.45 bits per heavy atom. The summed E-state index contributed by atoms with van der Waals surface area (Å²) in [7, 11) is 1.55. The number of methoxy groups -OCH3 is 1. The summed E-state index contributed by atoms with van der Waals surface area (Å²) in [6, 6.07) is 4.83. The highest BCUT2D eigenvalue weighted by Crippen LogP contribution is 2.25. The van der Waals surface area contributed by atoms with Crippen LogP contribution in [0.5, 0.6) is 0 Å². The van der Waals surface area contributed by atoms with E-state index in [1.165, 1.54) is 18.9 Å². The van der Waals surface area contributed by atoms with E-state index < -0.39 is 5.97 Å². The van der Waals surface area contributed by atoms with E-state index in [9.17, 15) is 9.59 Å². The zero-order valence-corrected chi connectivity index (χ0v) is 12.9. The Labute approximate surface area is 130 Å². The molecule has 120 valence electrons. The summed E-state index contributed by atoms with van der Waals surface area (Å²) in [5, 5.41) is 12.0. The second-order valence-corrected chi connectivity index (χ2v) is 5.83. The van der Waals surface area contributed by atoms with Crippen molar-refractivity contribution < 1.29 is 19.4 Å². The molecular weight excluding hydrogens is 282 g/mol. The number of carboxylic acid groups (broad SMARTS) is 1. The van der Waals surface area contributed by atoms with Crippen LogP contribution < -0.4 is 5.32 Å². The van der Waals surface area contributed by atoms with Gasteiger partial charge in [-0.3, -0.25) is 4.79 Å².